The first-order valence-electron chi connectivity index (χ1n) is 5.39. The summed E-state index contributed by atoms with van der Waals surface area (Å²) in [6, 6.07) is 7.70. The van der Waals surface area contributed by atoms with Gasteiger partial charge in [-0.25, -0.2) is 0 Å². The molecule has 1 aromatic carbocycles. The van der Waals surface area contributed by atoms with E-state index in [4.69, 9.17) is 0 Å². The molecule has 2 N–H and O–H groups in total. The quantitative estimate of drug-likeness (QED) is 0.792. The van der Waals surface area contributed by atoms with E-state index in [0.717, 1.165) is 16.5 Å². The fourth-order valence-corrected chi connectivity index (χ4v) is 1.75. The van der Waals surface area contributed by atoms with Crippen molar-refractivity contribution in [3.05, 3.63) is 36.0 Å². The van der Waals surface area contributed by atoms with E-state index in [1.807, 2.05) is 30.5 Å². The summed E-state index contributed by atoms with van der Waals surface area (Å²) in [5.74, 6) is 0. The molecule has 0 unspecified atom stereocenters. The van der Waals surface area contributed by atoms with Gasteiger partial charge in [0, 0.05) is 24.8 Å². The average molecular weight is 242 g/mol. The Balaban J connectivity index is 1.93. The van der Waals surface area contributed by atoms with Crippen LogP contribution in [-0.4, -0.2) is 17.7 Å². The molecule has 17 heavy (non-hydrogen) atoms. The minimum absolute atomic E-state index is 0.0550. The van der Waals surface area contributed by atoms with Crippen LogP contribution in [0.2, 0.25) is 0 Å². The predicted molar refractivity (Wildman–Crippen MR) is 60.7 cm³/mol. The molecule has 92 valence electrons. The number of rotatable bonds is 4. The summed E-state index contributed by atoms with van der Waals surface area (Å²) in [6.07, 6.45) is -3.07. The highest BCUT2D eigenvalue weighted by Crippen LogP contribution is 2.19. The molecule has 5 heteroatoms. The topological polar surface area (TPSA) is 27.8 Å². The van der Waals surface area contributed by atoms with Crippen LogP contribution >= 0.6 is 0 Å². The van der Waals surface area contributed by atoms with Crippen molar-refractivity contribution in [1.82, 2.24) is 10.3 Å². The van der Waals surface area contributed by atoms with Crippen LogP contribution in [-0.2, 0) is 6.54 Å². The second-order valence-corrected chi connectivity index (χ2v) is 3.90. The number of nitrogens with one attached hydrogen (secondary N) is 2. The van der Waals surface area contributed by atoms with Crippen LogP contribution in [0.1, 0.15) is 12.0 Å². The molecule has 2 aromatic rings. The number of hydrogen-bond donors (Lipinski definition) is 2. The van der Waals surface area contributed by atoms with Crippen molar-refractivity contribution in [2.24, 2.45) is 0 Å². The molecule has 0 amide bonds. The Morgan fingerprint density at radius 2 is 2.00 bits per heavy atom. The number of H-pyrrole nitrogens is 1. The van der Waals surface area contributed by atoms with Gasteiger partial charge < -0.3 is 10.3 Å². The second-order valence-electron chi connectivity index (χ2n) is 3.90. The third-order valence-corrected chi connectivity index (χ3v) is 2.57. The summed E-state index contributed by atoms with van der Waals surface area (Å²) in [5, 5.41) is 3.87. The molecule has 0 saturated carbocycles. The van der Waals surface area contributed by atoms with E-state index < -0.39 is 12.6 Å². The predicted octanol–water partition coefficient (Wildman–Crippen LogP) is 3.21. The van der Waals surface area contributed by atoms with Crippen LogP contribution in [0.15, 0.2) is 30.5 Å². The number of para-hydroxylation sites is 1. The SMILES string of the molecule is FC(F)(F)CCNCc1cccc2cc[nH]c12. The lowest BCUT2D eigenvalue weighted by atomic mass is 10.1. The normalized spacial score (nSPS) is 12.2. The number of fused-ring (bicyclic) bond motifs is 1. The van der Waals surface area contributed by atoms with Crippen LogP contribution < -0.4 is 5.32 Å². The summed E-state index contributed by atoms with van der Waals surface area (Å²) in [6.45, 7) is 0.383. The van der Waals surface area contributed by atoms with Crippen LogP contribution in [0.4, 0.5) is 13.2 Å². The Labute approximate surface area is 96.8 Å². The molecule has 0 fully saturated rings. The minimum atomic E-state index is -4.09. The van der Waals surface area contributed by atoms with Crippen LogP contribution in [0.5, 0.6) is 0 Å². The standard InChI is InChI=1S/C12H13F3N2/c13-12(14,15)5-7-16-8-10-3-1-2-9-4-6-17-11(9)10/h1-4,6,16-17H,5,7-8H2. The monoisotopic (exact) mass is 242 g/mol. The number of aromatic amines is 1. The number of alkyl halides is 3. The molecule has 2 nitrogen and oxygen atoms in total. The number of halogens is 3. The van der Waals surface area contributed by atoms with E-state index >= 15 is 0 Å². The van der Waals surface area contributed by atoms with Crippen molar-refractivity contribution in [1.29, 1.82) is 0 Å². The molecule has 0 atom stereocenters. The molecule has 0 saturated heterocycles. The van der Waals surface area contributed by atoms with Gasteiger partial charge in [-0.2, -0.15) is 13.2 Å². The summed E-state index contributed by atoms with van der Waals surface area (Å²) >= 11 is 0. The average Bonchev–Trinajstić information content (AvgIpc) is 2.71. The van der Waals surface area contributed by atoms with Gasteiger partial charge in [0.05, 0.1) is 6.42 Å². The molecule has 0 aliphatic carbocycles. The highest BCUT2D eigenvalue weighted by atomic mass is 19.4. The van der Waals surface area contributed by atoms with E-state index in [2.05, 4.69) is 10.3 Å². The summed E-state index contributed by atoms with van der Waals surface area (Å²) in [7, 11) is 0. The van der Waals surface area contributed by atoms with E-state index in [1.165, 1.54) is 0 Å². The largest absolute Gasteiger partial charge is 0.390 e. The van der Waals surface area contributed by atoms with Gasteiger partial charge in [-0.05, 0) is 17.0 Å². The molecular formula is C12H13F3N2. The fourth-order valence-electron chi connectivity index (χ4n) is 1.75. The van der Waals surface area contributed by atoms with Gasteiger partial charge in [0.15, 0.2) is 0 Å². The van der Waals surface area contributed by atoms with Gasteiger partial charge in [0.1, 0.15) is 0 Å². The number of aromatic nitrogens is 1. The highest BCUT2D eigenvalue weighted by Gasteiger charge is 2.25. The second kappa shape index (κ2) is 4.79. The molecule has 1 aromatic heterocycles. The molecule has 0 radical (unpaired) electrons. The zero-order valence-corrected chi connectivity index (χ0v) is 9.14. The van der Waals surface area contributed by atoms with Crippen LogP contribution in [0, 0.1) is 0 Å². The Bertz CT molecular complexity index is 488. The summed E-state index contributed by atoms with van der Waals surface area (Å²) in [5.41, 5.74) is 1.96. The van der Waals surface area contributed by atoms with Gasteiger partial charge in [0.25, 0.3) is 0 Å². The molecule has 1 heterocycles. The number of hydrogen-bond acceptors (Lipinski definition) is 1. The van der Waals surface area contributed by atoms with Gasteiger partial charge >= 0.3 is 6.18 Å². The van der Waals surface area contributed by atoms with Gasteiger partial charge in [-0.15, -0.1) is 0 Å². The lowest BCUT2D eigenvalue weighted by molar-refractivity contribution is -0.133. The fraction of sp³-hybridized carbons (Fsp3) is 0.333. The van der Waals surface area contributed by atoms with Crippen molar-refractivity contribution >= 4 is 10.9 Å². The Kier molecular flexibility index (Phi) is 3.38. The smallest absolute Gasteiger partial charge is 0.361 e. The Morgan fingerprint density at radius 1 is 1.18 bits per heavy atom. The van der Waals surface area contributed by atoms with E-state index in [1.54, 1.807) is 0 Å². The van der Waals surface area contributed by atoms with Crippen molar-refractivity contribution in [2.75, 3.05) is 6.54 Å². The molecule has 0 spiro atoms. The van der Waals surface area contributed by atoms with E-state index in [0.29, 0.717) is 6.54 Å². The van der Waals surface area contributed by atoms with E-state index in [-0.39, 0.29) is 6.54 Å². The molecular weight excluding hydrogens is 229 g/mol. The maximum absolute atomic E-state index is 11.9. The van der Waals surface area contributed by atoms with Gasteiger partial charge in [-0.1, -0.05) is 18.2 Å². The van der Waals surface area contributed by atoms with Crippen molar-refractivity contribution in [2.45, 2.75) is 19.1 Å². The van der Waals surface area contributed by atoms with Gasteiger partial charge in [-0.3, -0.25) is 0 Å². The van der Waals surface area contributed by atoms with Crippen molar-refractivity contribution in [3.8, 4) is 0 Å². The third kappa shape index (κ3) is 3.23. The molecule has 0 aliphatic heterocycles. The maximum Gasteiger partial charge on any atom is 0.390 e. The molecule has 0 bridgehead atoms. The summed E-state index contributed by atoms with van der Waals surface area (Å²) < 4.78 is 35.8. The van der Waals surface area contributed by atoms with E-state index in [9.17, 15) is 13.2 Å². The Morgan fingerprint density at radius 3 is 2.76 bits per heavy atom. The third-order valence-electron chi connectivity index (χ3n) is 2.57. The first-order valence-corrected chi connectivity index (χ1v) is 5.39. The lowest BCUT2D eigenvalue weighted by Crippen LogP contribution is -2.21. The molecule has 2 rings (SSSR count). The zero-order chi connectivity index (χ0) is 12.3. The number of benzene rings is 1. The summed E-state index contributed by atoms with van der Waals surface area (Å²) in [4.78, 5) is 3.08. The first-order chi connectivity index (χ1) is 8.06. The highest BCUT2D eigenvalue weighted by molar-refractivity contribution is 5.82. The van der Waals surface area contributed by atoms with Gasteiger partial charge in [0.2, 0.25) is 0 Å². The van der Waals surface area contributed by atoms with Crippen molar-refractivity contribution < 1.29 is 13.2 Å². The van der Waals surface area contributed by atoms with Crippen molar-refractivity contribution in [3.63, 3.8) is 0 Å². The van der Waals surface area contributed by atoms with Crippen LogP contribution in [0.3, 0.4) is 0 Å². The zero-order valence-electron chi connectivity index (χ0n) is 9.14. The Hall–Kier alpha value is -1.49. The minimum Gasteiger partial charge on any atom is -0.361 e. The first kappa shape index (κ1) is 12.0. The molecule has 0 aliphatic rings. The van der Waals surface area contributed by atoms with Crippen LogP contribution in [0.25, 0.3) is 10.9 Å². The maximum atomic E-state index is 11.9. The lowest BCUT2D eigenvalue weighted by Gasteiger charge is -2.08.